The van der Waals surface area contributed by atoms with Crippen LogP contribution in [0.15, 0.2) is 0 Å². The molecule has 0 aliphatic heterocycles. The molecule has 1 aliphatic rings. The van der Waals surface area contributed by atoms with Gasteiger partial charge in [-0.15, -0.1) is 0 Å². The van der Waals surface area contributed by atoms with Crippen molar-refractivity contribution in [2.75, 3.05) is 0 Å². The molecule has 0 saturated heterocycles. The Morgan fingerprint density at radius 3 is 2.08 bits per heavy atom. The summed E-state index contributed by atoms with van der Waals surface area (Å²) in [5.74, 6) is 0.866. The Hall–Kier alpha value is 0.150. The Morgan fingerprint density at radius 2 is 1.67 bits per heavy atom. The number of hydrogen-bond donors (Lipinski definition) is 0. The zero-order chi connectivity index (χ0) is 9.14. The van der Waals surface area contributed by atoms with Gasteiger partial charge < -0.3 is 0 Å². The minimum Gasteiger partial charge on any atom is -0.259 e. The first-order chi connectivity index (χ1) is 5.61. The molecular formula is C10H20OS. The second-order valence-electron chi connectivity index (χ2n) is 4.26. The Bertz CT molecular complexity index is 157. The van der Waals surface area contributed by atoms with Crippen molar-refractivity contribution in [3.8, 4) is 0 Å². The molecule has 1 nitrogen and oxygen atoms in total. The van der Waals surface area contributed by atoms with Crippen LogP contribution in [0.2, 0.25) is 0 Å². The Balaban J connectivity index is 2.39. The molecule has 0 N–H and O–H groups in total. The van der Waals surface area contributed by atoms with Gasteiger partial charge in [0.2, 0.25) is 0 Å². The first-order valence-electron chi connectivity index (χ1n) is 5.00. The van der Waals surface area contributed by atoms with E-state index in [1.807, 2.05) is 0 Å². The van der Waals surface area contributed by atoms with Gasteiger partial charge in [0.15, 0.2) is 0 Å². The smallest absolute Gasteiger partial charge is 0.0350 e. The molecule has 1 atom stereocenters. The highest BCUT2D eigenvalue weighted by atomic mass is 32.2. The lowest BCUT2D eigenvalue weighted by Gasteiger charge is -2.26. The fourth-order valence-corrected chi connectivity index (χ4v) is 3.35. The molecule has 0 bridgehead atoms. The summed E-state index contributed by atoms with van der Waals surface area (Å²) >= 11 is 0. The van der Waals surface area contributed by atoms with E-state index in [1.54, 1.807) is 0 Å². The fraction of sp³-hybridized carbons (Fsp3) is 1.00. The van der Waals surface area contributed by atoms with E-state index in [1.165, 1.54) is 25.7 Å². The highest BCUT2D eigenvalue weighted by Crippen LogP contribution is 2.27. The van der Waals surface area contributed by atoms with Crippen LogP contribution in [0.25, 0.3) is 0 Å². The van der Waals surface area contributed by atoms with Crippen LogP contribution < -0.4 is 0 Å². The van der Waals surface area contributed by atoms with Crippen molar-refractivity contribution in [3.63, 3.8) is 0 Å². The van der Waals surface area contributed by atoms with Crippen molar-refractivity contribution in [3.05, 3.63) is 0 Å². The van der Waals surface area contributed by atoms with Gasteiger partial charge in [-0.25, -0.2) is 0 Å². The lowest BCUT2D eigenvalue weighted by Crippen LogP contribution is -2.26. The molecule has 2 heteroatoms. The third-order valence-electron chi connectivity index (χ3n) is 2.76. The fourth-order valence-electron chi connectivity index (χ4n) is 1.85. The van der Waals surface area contributed by atoms with Gasteiger partial charge in [0.25, 0.3) is 0 Å². The van der Waals surface area contributed by atoms with Crippen LogP contribution in [-0.4, -0.2) is 14.7 Å². The summed E-state index contributed by atoms with van der Waals surface area (Å²) in [5.41, 5.74) is 0. The molecule has 0 radical (unpaired) electrons. The molecule has 1 aliphatic carbocycles. The second kappa shape index (κ2) is 4.40. The van der Waals surface area contributed by atoms with E-state index >= 15 is 0 Å². The van der Waals surface area contributed by atoms with Gasteiger partial charge in [-0.05, 0) is 31.6 Å². The maximum Gasteiger partial charge on any atom is 0.0350 e. The summed E-state index contributed by atoms with van der Waals surface area (Å²) in [7, 11) is -0.573. The van der Waals surface area contributed by atoms with Crippen LogP contribution in [0.3, 0.4) is 0 Å². The van der Waals surface area contributed by atoms with E-state index < -0.39 is 10.8 Å². The summed E-state index contributed by atoms with van der Waals surface area (Å²) < 4.78 is 11.7. The molecule has 1 rings (SSSR count). The van der Waals surface area contributed by atoms with Crippen LogP contribution >= 0.6 is 0 Å². The number of rotatable bonds is 2. The standard InChI is InChI=1S/C10H20OS/c1-8(2)12(11)10-6-4-9(3)5-7-10/h8-10H,4-7H2,1-3H3. The maximum absolute atomic E-state index is 11.7. The summed E-state index contributed by atoms with van der Waals surface area (Å²) in [5, 5.41) is 0.851. The summed E-state index contributed by atoms with van der Waals surface area (Å²) in [6.45, 7) is 6.43. The lowest BCUT2D eigenvalue weighted by atomic mass is 9.91. The zero-order valence-corrected chi connectivity index (χ0v) is 9.19. The summed E-state index contributed by atoms with van der Waals surface area (Å²) in [6, 6.07) is 0. The van der Waals surface area contributed by atoms with Gasteiger partial charge in [0.1, 0.15) is 0 Å². The third kappa shape index (κ3) is 2.58. The van der Waals surface area contributed by atoms with Crippen molar-refractivity contribution >= 4 is 10.8 Å². The van der Waals surface area contributed by atoms with Crippen LogP contribution in [0.4, 0.5) is 0 Å². The lowest BCUT2D eigenvalue weighted by molar-refractivity contribution is 0.388. The summed E-state index contributed by atoms with van der Waals surface area (Å²) in [4.78, 5) is 0. The average molecular weight is 188 g/mol. The predicted octanol–water partition coefficient (Wildman–Crippen LogP) is 2.72. The Kier molecular flexibility index (Phi) is 3.76. The topological polar surface area (TPSA) is 17.1 Å². The van der Waals surface area contributed by atoms with Crippen molar-refractivity contribution in [1.29, 1.82) is 0 Å². The van der Waals surface area contributed by atoms with E-state index in [2.05, 4.69) is 20.8 Å². The highest BCUT2D eigenvalue weighted by molar-refractivity contribution is 7.86. The van der Waals surface area contributed by atoms with Crippen LogP contribution in [0, 0.1) is 5.92 Å². The summed E-state index contributed by atoms with van der Waals surface area (Å²) in [6.07, 6.45) is 4.93. The van der Waals surface area contributed by atoms with Gasteiger partial charge in [0.05, 0.1) is 0 Å². The minimum atomic E-state index is -0.573. The third-order valence-corrected chi connectivity index (χ3v) is 4.81. The molecule has 1 unspecified atom stereocenters. The maximum atomic E-state index is 11.7. The molecule has 0 aromatic heterocycles. The van der Waals surface area contributed by atoms with E-state index in [-0.39, 0.29) is 0 Å². The normalized spacial score (nSPS) is 33.7. The molecule has 72 valence electrons. The van der Waals surface area contributed by atoms with Crippen LogP contribution in [0.5, 0.6) is 0 Å². The highest BCUT2D eigenvalue weighted by Gasteiger charge is 2.24. The van der Waals surface area contributed by atoms with E-state index in [0.717, 1.165) is 5.92 Å². The molecule has 0 aromatic carbocycles. The Labute approximate surface area is 78.4 Å². The monoisotopic (exact) mass is 188 g/mol. The van der Waals surface area contributed by atoms with Crippen LogP contribution in [-0.2, 0) is 10.8 Å². The van der Waals surface area contributed by atoms with Gasteiger partial charge in [-0.2, -0.15) is 0 Å². The molecule has 0 spiro atoms. The second-order valence-corrected chi connectivity index (χ2v) is 6.53. The SMILES string of the molecule is CC1CCC(S(=O)C(C)C)CC1. The Morgan fingerprint density at radius 1 is 1.17 bits per heavy atom. The quantitative estimate of drug-likeness (QED) is 0.651. The predicted molar refractivity (Wildman–Crippen MR) is 54.7 cm³/mol. The molecule has 0 aromatic rings. The van der Waals surface area contributed by atoms with Crippen LogP contribution in [0.1, 0.15) is 46.5 Å². The molecule has 1 fully saturated rings. The van der Waals surface area contributed by atoms with E-state index in [0.29, 0.717) is 10.5 Å². The van der Waals surface area contributed by atoms with E-state index in [9.17, 15) is 4.21 Å². The van der Waals surface area contributed by atoms with Gasteiger partial charge in [-0.3, -0.25) is 4.21 Å². The van der Waals surface area contributed by atoms with Crippen molar-refractivity contribution in [1.82, 2.24) is 0 Å². The molecule has 0 amide bonds. The van der Waals surface area contributed by atoms with Gasteiger partial charge in [0, 0.05) is 21.3 Å². The van der Waals surface area contributed by atoms with Gasteiger partial charge >= 0.3 is 0 Å². The molecule has 12 heavy (non-hydrogen) atoms. The van der Waals surface area contributed by atoms with E-state index in [4.69, 9.17) is 0 Å². The number of hydrogen-bond acceptors (Lipinski definition) is 1. The first kappa shape index (κ1) is 10.2. The minimum absolute atomic E-state index is 0.350. The van der Waals surface area contributed by atoms with Crippen molar-refractivity contribution in [2.24, 2.45) is 5.92 Å². The molecule has 0 heterocycles. The zero-order valence-electron chi connectivity index (χ0n) is 8.38. The first-order valence-corrected chi connectivity index (χ1v) is 6.28. The van der Waals surface area contributed by atoms with Crippen molar-refractivity contribution < 1.29 is 4.21 Å². The largest absolute Gasteiger partial charge is 0.259 e. The average Bonchev–Trinajstić information content (AvgIpc) is 2.04. The van der Waals surface area contributed by atoms with Gasteiger partial charge in [-0.1, -0.05) is 20.8 Å². The molecule has 1 saturated carbocycles. The molecular weight excluding hydrogens is 168 g/mol. The van der Waals surface area contributed by atoms with Crippen molar-refractivity contribution in [2.45, 2.75) is 57.0 Å².